The van der Waals surface area contributed by atoms with Gasteiger partial charge in [-0.3, -0.25) is 0 Å². The summed E-state index contributed by atoms with van der Waals surface area (Å²) in [7, 11) is 0. The zero-order chi connectivity index (χ0) is 15.4. The van der Waals surface area contributed by atoms with Crippen LogP contribution in [0.2, 0.25) is 0 Å². The van der Waals surface area contributed by atoms with Crippen LogP contribution >= 0.6 is 0 Å². The molecule has 0 radical (unpaired) electrons. The molecule has 0 aliphatic heterocycles. The number of rotatable bonds is 5. The Morgan fingerprint density at radius 1 is 0.952 bits per heavy atom. The van der Waals surface area contributed by atoms with E-state index >= 15 is 0 Å². The molecule has 0 saturated carbocycles. The number of hydrogen-bond donors (Lipinski definition) is 1. The first kappa shape index (κ1) is 15.6. The highest BCUT2D eigenvalue weighted by Crippen LogP contribution is 2.31. The monoisotopic (exact) mass is 284 g/mol. The molecule has 0 amide bonds. The van der Waals surface area contributed by atoms with Gasteiger partial charge in [-0.15, -0.1) is 0 Å². The summed E-state index contributed by atoms with van der Waals surface area (Å²) in [5.41, 5.74) is 5.26. The van der Waals surface area contributed by atoms with Crippen molar-refractivity contribution in [1.29, 1.82) is 0 Å². The van der Waals surface area contributed by atoms with Crippen LogP contribution in [0.4, 0.5) is 0 Å². The van der Waals surface area contributed by atoms with Crippen molar-refractivity contribution >= 4 is 0 Å². The lowest BCUT2D eigenvalue weighted by atomic mass is 9.94. The molecule has 0 fully saturated rings. The fourth-order valence-electron chi connectivity index (χ4n) is 2.41. The van der Waals surface area contributed by atoms with Crippen LogP contribution in [0, 0.1) is 20.8 Å². The molecule has 0 bridgehead atoms. The molecule has 0 aliphatic carbocycles. The Kier molecular flexibility index (Phi) is 5.03. The van der Waals surface area contributed by atoms with Crippen LogP contribution in [0.1, 0.15) is 47.3 Å². The van der Waals surface area contributed by atoms with Crippen LogP contribution in [-0.4, -0.2) is 11.7 Å². The van der Waals surface area contributed by atoms with Crippen molar-refractivity contribution in [2.75, 3.05) is 6.61 Å². The molecule has 0 saturated heterocycles. The molecule has 1 unspecified atom stereocenters. The standard InChI is InChI=1S/C19H24O2/c1-5-12-21-18-11-10-17(14(3)15(18)4)19(20)16-8-6-13(2)7-9-16/h6-11,19-20H,5,12H2,1-4H3. The molecule has 2 rings (SSSR count). The molecule has 2 aromatic rings. The van der Waals surface area contributed by atoms with Gasteiger partial charge in [-0.1, -0.05) is 42.8 Å². The van der Waals surface area contributed by atoms with Gasteiger partial charge in [0, 0.05) is 0 Å². The van der Waals surface area contributed by atoms with Gasteiger partial charge in [-0.2, -0.15) is 0 Å². The normalized spacial score (nSPS) is 12.2. The van der Waals surface area contributed by atoms with E-state index in [4.69, 9.17) is 4.74 Å². The van der Waals surface area contributed by atoms with E-state index in [0.29, 0.717) is 0 Å². The van der Waals surface area contributed by atoms with E-state index in [-0.39, 0.29) is 0 Å². The lowest BCUT2D eigenvalue weighted by molar-refractivity contribution is 0.219. The highest BCUT2D eigenvalue weighted by molar-refractivity contribution is 5.46. The van der Waals surface area contributed by atoms with Gasteiger partial charge >= 0.3 is 0 Å². The van der Waals surface area contributed by atoms with Gasteiger partial charge in [0.05, 0.1) is 6.61 Å². The van der Waals surface area contributed by atoms with Crippen LogP contribution < -0.4 is 4.74 Å². The fourth-order valence-corrected chi connectivity index (χ4v) is 2.41. The second kappa shape index (κ2) is 6.77. The molecular weight excluding hydrogens is 260 g/mol. The third-order valence-corrected chi connectivity index (χ3v) is 3.93. The van der Waals surface area contributed by atoms with E-state index in [2.05, 4.69) is 6.92 Å². The van der Waals surface area contributed by atoms with E-state index in [1.54, 1.807) is 0 Å². The van der Waals surface area contributed by atoms with E-state index in [1.807, 2.05) is 57.2 Å². The third-order valence-electron chi connectivity index (χ3n) is 3.93. The summed E-state index contributed by atoms with van der Waals surface area (Å²) >= 11 is 0. The summed E-state index contributed by atoms with van der Waals surface area (Å²) in [4.78, 5) is 0. The number of ether oxygens (including phenoxy) is 1. The van der Waals surface area contributed by atoms with Crippen molar-refractivity contribution in [3.8, 4) is 5.75 Å². The molecule has 2 aromatic carbocycles. The van der Waals surface area contributed by atoms with Gasteiger partial charge in [0.15, 0.2) is 0 Å². The zero-order valence-electron chi connectivity index (χ0n) is 13.3. The molecule has 0 aromatic heterocycles. The Morgan fingerprint density at radius 3 is 2.24 bits per heavy atom. The Bertz CT molecular complexity index is 600. The van der Waals surface area contributed by atoms with E-state index in [0.717, 1.165) is 41.0 Å². The highest BCUT2D eigenvalue weighted by Gasteiger charge is 2.16. The molecule has 0 aliphatic rings. The molecule has 0 spiro atoms. The zero-order valence-corrected chi connectivity index (χ0v) is 13.3. The number of aliphatic hydroxyl groups is 1. The molecule has 112 valence electrons. The first-order valence-electron chi connectivity index (χ1n) is 7.52. The Labute approximate surface area is 127 Å². The van der Waals surface area contributed by atoms with Crippen molar-refractivity contribution in [3.05, 3.63) is 64.2 Å². The Morgan fingerprint density at radius 2 is 1.62 bits per heavy atom. The quantitative estimate of drug-likeness (QED) is 0.877. The summed E-state index contributed by atoms with van der Waals surface area (Å²) < 4.78 is 5.74. The van der Waals surface area contributed by atoms with Crippen molar-refractivity contribution in [2.45, 2.75) is 40.2 Å². The van der Waals surface area contributed by atoms with Crippen LogP contribution in [0.15, 0.2) is 36.4 Å². The van der Waals surface area contributed by atoms with Crippen molar-refractivity contribution < 1.29 is 9.84 Å². The number of aliphatic hydroxyl groups excluding tert-OH is 1. The second-order valence-electron chi connectivity index (χ2n) is 5.56. The minimum absolute atomic E-state index is 0.593. The van der Waals surface area contributed by atoms with Gasteiger partial charge in [0.2, 0.25) is 0 Å². The first-order chi connectivity index (χ1) is 10.0. The third kappa shape index (κ3) is 3.45. The van der Waals surface area contributed by atoms with Crippen molar-refractivity contribution in [1.82, 2.24) is 0 Å². The van der Waals surface area contributed by atoms with Crippen molar-refractivity contribution in [3.63, 3.8) is 0 Å². The van der Waals surface area contributed by atoms with E-state index < -0.39 is 6.10 Å². The number of hydrogen-bond acceptors (Lipinski definition) is 2. The summed E-state index contributed by atoms with van der Waals surface area (Å²) in [5, 5.41) is 10.6. The van der Waals surface area contributed by atoms with Crippen LogP contribution in [0.5, 0.6) is 5.75 Å². The summed E-state index contributed by atoms with van der Waals surface area (Å²) in [6, 6.07) is 12.0. The molecule has 2 heteroatoms. The van der Waals surface area contributed by atoms with Gasteiger partial charge in [-0.05, 0) is 55.5 Å². The van der Waals surface area contributed by atoms with Gasteiger partial charge in [0.1, 0.15) is 11.9 Å². The van der Waals surface area contributed by atoms with Crippen molar-refractivity contribution in [2.24, 2.45) is 0 Å². The van der Waals surface area contributed by atoms with Crippen LogP contribution in [-0.2, 0) is 0 Å². The number of aryl methyl sites for hydroxylation is 1. The highest BCUT2D eigenvalue weighted by atomic mass is 16.5. The maximum absolute atomic E-state index is 10.6. The lowest BCUT2D eigenvalue weighted by Crippen LogP contribution is -2.05. The van der Waals surface area contributed by atoms with Crippen LogP contribution in [0.25, 0.3) is 0 Å². The molecular formula is C19H24O2. The minimum atomic E-state index is -0.593. The SMILES string of the molecule is CCCOc1ccc(C(O)c2ccc(C)cc2)c(C)c1C. The maximum Gasteiger partial charge on any atom is 0.122 e. The first-order valence-corrected chi connectivity index (χ1v) is 7.52. The largest absolute Gasteiger partial charge is 0.493 e. The molecule has 2 nitrogen and oxygen atoms in total. The summed E-state index contributed by atoms with van der Waals surface area (Å²) in [6.07, 6.45) is 0.399. The molecule has 21 heavy (non-hydrogen) atoms. The summed E-state index contributed by atoms with van der Waals surface area (Å²) in [5.74, 6) is 0.911. The van der Waals surface area contributed by atoms with E-state index in [9.17, 15) is 5.11 Å². The average molecular weight is 284 g/mol. The fraction of sp³-hybridized carbons (Fsp3) is 0.368. The topological polar surface area (TPSA) is 29.5 Å². The molecule has 0 heterocycles. The molecule has 1 atom stereocenters. The predicted octanol–water partition coefficient (Wildman–Crippen LogP) is 4.48. The average Bonchev–Trinajstić information content (AvgIpc) is 2.49. The summed E-state index contributed by atoms with van der Waals surface area (Å²) in [6.45, 7) is 8.95. The van der Waals surface area contributed by atoms with E-state index in [1.165, 1.54) is 5.56 Å². The second-order valence-corrected chi connectivity index (χ2v) is 5.56. The lowest BCUT2D eigenvalue weighted by Gasteiger charge is -2.18. The van der Waals surface area contributed by atoms with Crippen LogP contribution in [0.3, 0.4) is 0 Å². The Balaban J connectivity index is 2.31. The predicted molar refractivity (Wildman–Crippen MR) is 86.9 cm³/mol. The molecule has 1 N–H and O–H groups in total. The van der Waals surface area contributed by atoms with Gasteiger partial charge < -0.3 is 9.84 Å². The minimum Gasteiger partial charge on any atom is -0.493 e. The van der Waals surface area contributed by atoms with Gasteiger partial charge in [0.25, 0.3) is 0 Å². The number of benzene rings is 2. The Hall–Kier alpha value is -1.80. The van der Waals surface area contributed by atoms with Gasteiger partial charge in [-0.25, -0.2) is 0 Å². The smallest absolute Gasteiger partial charge is 0.122 e. The maximum atomic E-state index is 10.6.